The Balaban J connectivity index is 1.52. The second-order valence-corrected chi connectivity index (χ2v) is 8.79. The van der Waals surface area contributed by atoms with E-state index in [1.54, 1.807) is 24.3 Å². The first kappa shape index (κ1) is 26.2. The molecule has 0 aliphatic rings. The van der Waals surface area contributed by atoms with E-state index >= 15 is 0 Å². The molecule has 0 saturated carbocycles. The lowest BCUT2D eigenvalue weighted by Crippen LogP contribution is -2.14. The van der Waals surface area contributed by atoms with Crippen LogP contribution in [0.3, 0.4) is 0 Å². The third-order valence-corrected chi connectivity index (χ3v) is 6.10. The van der Waals surface area contributed by atoms with Gasteiger partial charge in [0.2, 0.25) is 5.91 Å². The quantitative estimate of drug-likeness (QED) is 0.210. The van der Waals surface area contributed by atoms with Crippen molar-refractivity contribution in [3.8, 4) is 23.1 Å². The first-order chi connectivity index (χ1) is 17.8. The lowest BCUT2D eigenvalue weighted by molar-refractivity contribution is -0.137. The van der Waals surface area contributed by atoms with Crippen LogP contribution in [-0.2, 0) is 15.7 Å². The molecule has 192 valence electrons. The van der Waals surface area contributed by atoms with E-state index in [-0.39, 0.29) is 24.3 Å². The number of hydrogen-bond donors (Lipinski definition) is 1. The minimum absolute atomic E-state index is 0.0577. The lowest BCUT2D eigenvalue weighted by Gasteiger charge is -2.10. The SMILES string of the molecule is COCCOc1nc(-c2ccc(C(F)(F)F)cc2)n(-c2ccc(NC(=O)CSc3ccccc3)cc2)n1. The Kier molecular flexibility index (Phi) is 8.47. The summed E-state index contributed by atoms with van der Waals surface area (Å²) >= 11 is 1.43. The third kappa shape index (κ3) is 7.11. The number of hydrogen-bond acceptors (Lipinski definition) is 6. The molecule has 11 heteroatoms. The van der Waals surface area contributed by atoms with E-state index in [9.17, 15) is 18.0 Å². The van der Waals surface area contributed by atoms with Crippen LogP contribution in [0, 0.1) is 0 Å². The van der Waals surface area contributed by atoms with Crippen molar-refractivity contribution in [1.82, 2.24) is 14.8 Å². The van der Waals surface area contributed by atoms with E-state index < -0.39 is 11.7 Å². The molecule has 0 radical (unpaired) electrons. The molecule has 0 spiro atoms. The van der Waals surface area contributed by atoms with Crippen LogP contribution in [0.1, 0.15) is 5.56 Å². The lowest BCUT2D eigenvalue weighted by atomic mass is 10.1. The van der Waals surface area contributed by atoms with Crippen LogP contribution in [0.2, 0.25) is 0 Å². The van der Waals surface area contributed by atoms with E-state index in [0.717, 1.165) is 17.0 Å². The molecule has 4 aromatic rings. The van der Waals surface area contributed by atoms with Gasteiger partial charge in [-0.05, 0) is 48.5 Å². The molecular weight excluding hydrogens is 505 g/mol. The number of thioether (sulfide) groups is 1. The molecule has 0 saturated heterocycles. The number of rotatable bonds is 10. The van der Waals surface area contributed by atoms with Gasteiger partial charge in [-0.1, -0.05) is 30.3 Å². The number of benzene rings is 3. The average Bonchev–Trinajstić information content (AvgIpc) is 3.32. The molecule has 3 aromatic carbocycles. The van der Waals surface area contributed by atoms with Gasteiger partial charge in [0, 0.05) is 23.3 Å². The number of nitrogens with one attached hydrogen (secondary N) is 1. The van der Waals surface area contributed by atoms with Crippen LogP contribution < -0.4 is 10.1 Å². The minimum Gasteiger partial charge on any atom is -0.460 e. The number of aromatic nitrogens is 3. The maximum Gasteiger partial charge on any atom is 0.416 e. The summed E-state index contributed by atoms with van der Waals surface area (Å²) in [5, 5.41) is 7.22. The molecule has 0 aliphatic heterocycles. The Hall–Kier alpha value is -3.83. The molecule has 4 rings (SSSR count). The monoisotopic (exact) mass is 528 g/mol. The van der Waals surface area contributed by atoms with Gasteiger partial charge in [-0.2, -0.15) is 18.2 Å². The Morgan fingerprint density at radius 2 is 1.68 bits per heavy atom. The first-order valence-corrected chi connectivity index (χ1v) is 12.2. The number of alkyl halides is 3. The predicted octanol–water partition coefficient (Wildman–Crippen LogP) is 5.71. The van der Waals surface area contributed by atoms with Gasteiger partial charge in [0.15, 0.2) is 5.82 Å². The highest BCUT2D eigenvalue weighted by Gasteiger charge is 2.30. The fraction of sp³-hybridized carbons (Fsp3) is 0.192. The molecule has 37 heavy (non-hydrogen) atoms. The number of carbonyl (C=O) groups is 1. The largest absolute Gasteiger partial charge is 0.460 e. The number of amides is 1. The number of ether oxygens (including phenoxy) is 2. The Bertz CT molecular complexity index is 1310. The van der Waals surface area contributed by atoms with Crippen LogP contribution in [0.15, 0.2) is 83.8 Å². The average molecular weight is 529 g/mol. The van der Waals surface area contributed by atoms with Gasteiger partial charge in [-0.3, -0.25) is 4.79 Å². The molecule has 0 fully saturated rings. The number of methoxy groups -OCH3 is 1. The number of nitrogens with zero attached hydrogens (tertiary/aromatic N) is 3. The van der Waals surface area contributed by atoms with Crippen molar-refractivity contribution >= 4 is 23.4 Å². The summed E-state index contributed by atoms with van der Waals surface area (Å²) in [5.41, 5.74) is 0.845. The molecular formula is C26H23F3N4O3S. The van der Waals surface area contributed by atoms with E-state index in [4.69, 9.17) is 9.47 Å². The standard InChI is InChI=1S/C26H23F3N4O3S/c1-35-15-16-36-25-31-24(18-7-9-19(10-8-18)26(27,28)29)33(32-25)21-13-11-20(12-14-21)30-23(34)17-37-22-5-3-2-4-6-22/h2-14H,15-17H2,1H3,(H,30,34). The summed E-state index contributed by atoms with van der Waals surface area (Å²) in [7, 11) is 1.53. The van der Waals surface area contributed by atoms with Crippen LogP contribution in [0.25, 0.3) is 17.1 Å². The minimum atomic E-state index is -4.44. The Labute approximate surface area is 215 Å². The van der Waals surface area contributed by atoms with Crippen LogP contribution in [-0.4, -0.2) is 46.7 Å². The van der Waals surface area contributed by atoms with Crippen LogP contribution in [0.4, 0.5) is 18.9 Å². The number of halogens is 3. The van der Waals surface area contributed by atoms with E-state index in [1.807, 2.05) is 30.3 Å². The molecule has 1 amide bonds. The second kappa shape index (κ2) is 11.9. The molecule has 1 aromatic heterocycles. The summed E-state index contributed by atoms with van der Waals surface area (Å²) < 4.78 is 51.0. The van der Waals surface area contributed by atoms with Crippen molar-refractivity contribution in [2.75, 3.05) is 31.4 Å². The Morgan fingerprint density at radius 3 is 2.32 bits per heavy atom. The first-order valence-electron chi connectivity index (χ1n) is 11.2. The Morgan fingerprint density at radius 1 is 0.973 bits per heavy atom. The highest BCUT2D eigenvalue weighted by Crippen LogP contribution is 2.31. The molecule has 0 aliphatic carbocycles. The third-order valence-electron chi connectivity index (χ3n) is 5.09. The van der Waals surface area contributed by atoms with E-state index in [2.05, 4.69) is 15.4 Å². The summed E-state index contributed by atoms with van der Waals surface area (Å²) in [6.07, 6.45) is -4.44. The van der Waals surface area contributed by atoms with Crippen molar-refractivity contribution < 1.29 is 27.4 Å². The van der Waals surface area contributed by atoms with Crippen molar-refractivity contribution in [2.24, 2.45) is 0 Å². The van der Waals surface area contributed by atoms with Crippen molar-refractivity contribution in [1.29, 1.82) is 0 Å². The predicted molar refractivity (Wildman–Crippen MR) is 135 cm³/mol. The smallest absolute Gasteiger partial charge is 0.416 e. The second-order valence-electron chi connectivity index (χ2n) is 7.74. The van der Waals surface area contributed by atoms with Gasteiger partial charge in [0.25, 0.3) is 0 Å². The normalized spacial score (nSPS) is 11.4. The molecule has 0 unspecified atom stereocenters. The maximum atomic E-state index is 13.0. The van der Waals surface area contributed by atoms with Gasteiger partial charge in [0.1, 0.15) is 6.61 Å². The van der Waals surface area contributed by atoms with Gasteiger partial charge in [0.05, 0.1) is 23.6 Å². The summed E-state index contributed by atoms with van der Waals surface area (Å²) in [4.78, 5) is 17.7. The van der Waals surface area contributed by atoms with Crippen molar-refractivity contribution in [3.05, 3.63) is 84.4 Å². The molecule has 7 nitrogen and oxygen atoms in total. The zero-order valence-electron chi connectivity index (χ0n) is 19.7. The van der Waals surface area contributed by atoms with Gasteiger partial charge in [-0.15, -0.1) is 16.9 Å². The van der Waals surface area contributed by atoms with E-state index in [0.29, 0.717) is 29.4 Å². The highest BCUT2D eigenvalue weighted by molar-refractivity contribution is 8.00. The van der Waals surface area contributed by atoms with Gasteiger partial charge < -0.3 is 14.8 Å². The molecule has 1 N–H and O–H groups in total. The fourth-order valence-electron chi connectivity index (χ4n) is 3.29. The zero-order valence-corrected chi connectivity index (χ0v) is 20.6. The van der Waals surface area contributed by atoms with Crippen molar-refractivity contribution in [3.63, 3.8) is 0 Å². The topological polar surface area (TPSA) is 78.3 Å². The van der Waals surface area contributed by atoms with Gasteiger partial charge in [-0.25, -0.2) is 4.68 Å². The molecule has 0 bridgehead atoms. The zero-order chi connectivity index (χ0) is 26.3. The maximum absolute atomic E-state index is 13.0. The number of carbonyl (C=O) groups excluding carboxylic acids is 1. The van der Waals surface area contributed by atoms with Crippen molar-refractivity contribution in [2.45, 2.75) is 11.1 Å². The van der Waals surface area contributed by atoms with Crippen LogP contribution in [0.5, 0.6) is 6.01 Å². The molecule has 1 heterocycles. The fourth-order valence-corrected chi connectivity index (χ4v) is 4.01. The summed E-state index contributed by atoms with van der Waals surface area (Å²) in [6, 6.07) is 21.2. The van der Waals surface area contributed by atoms with Gasteiger partial charge >= 0.3 is 12.2 Å². The summed E-state index contributed by atoms with van der Waals surface area (Å²) in [6.45, 7) is 0.528. The van der Waals surface area contributed by atoms with E-state index in [1.165, 1.54) is 35.7 Å². The highest BCUT2D eigenvalue weighted by atomic mass is 32.2. The molecule has 0 atom stereocenters. The number of anilines is 1. The summed E-state index contributed by atoms with van der Waals surface area (Å²) in [5.74, 6) is 0.411. The van der Waals surface area contributed by atoms with Crippen LogP contribution >= 0.6 is 11.8 Å².